The zero-order valence-electron chi connectivity index (χ0n) is 9.89. The third-order valence-electron chi connectivity index (χ3n) is 3.08. The maximum atomic E-state index is 11.9. The lowest BCUT2D eigenvalue weighted by atomic mass is 9.85. The molecule has 1 aliphatic rings. The van der Waals surface area contributed by atoms with Crippen molar-refractivity contribution in [3.63, 3.8) is 0 Å². The first kappa shape index (κ1) is 12.8. The summed E-state index contributed by atoms with van der Waals surface area (Å²) in [5.41, 5.74) is 0.661. The maximum Gasteiger partial charge on any atom is 0.328 e. The Balaban J connectivity index is 1.96. The highest BCUT2D eigenvalue weighted by Crippen LogP contribution is 2.25. The second kappa shape index (κ2) is 5.82. The molecule has 1 heterocycles. The summed E-state index contributed by atoms with van der Waals surface area (Å²) in [4.78, 5) is 23.0. The topological polar surface area (TPSA) is 66.4 Å². The van der Waals surface area contributed by atoms with Crippen molar-refractivity contribution in [3.8, 4) is 0 Å². The van der Waals surface area contributed by atoms with Crippen LogP contribution in [0.2, 0.25) is 0 Å². The van der Waals surface area contributed by atoms with E-state index >= 15 is 0 Å². The Morgan fingerprint density at radius 3 is 2.89 bits per heavy atom. The molecule has 0 radical (unpaired) electrons. The van der Waals surface area contributed by atoms with Crippen LogP contribution in [0.3, 0.4) is 0 Å². The lowest BCUT2D eigenvalue weighted by Gasteiger charge is -2.25. The molecular weight excluding hydrogens is 250 g/mol. The van der Waals surface area contributed by atoms with Gasteiger partial charge in [0, 0.05) is 12.6 Å². The normalized spacial score (nSPS) is 15.6. The van der Waals surface area contributed by atoms with E-state index < -0.39 is 5.97 Å². The number of carboxylic acid groups (broad SMARTS) is 1. The van der Waals surface area contributed by atoms with Crippen molar-refractivity contribution in [2.45, 2.75) is 19.3 Å². The Hall–Kier alpha value is -1.62. The van der Waals surface area contributed by atoms with Gasteiger partial charge in [0.1, 0.15) is 0 Å². The summed E-state index contributed by atoms with van der Waals surface area (Å²) >= 11 is 1.33. The zero-order valence-corrected chi connectivity index (χ0v) is 10.7. The molecule has 0 bridgehead atoms. The second-order valence-corrected chi connectivity index (χ2v) is 5.30. The van der Waals surface area contributed by atoms with E-state index in [1.165, 1.54) is 36.7 Å². The fourth-order valence-electron chi connectivity index (χ4n) is 1.81. The van der Waals surface area contributed by atoms with Gasteiger partial charge in [-0.05, 0) is 41.8 Å². The number of aliphatic carboxylic acids is 1. The first-order valence-corrected chi connectivity index (χ1v) is 6.81. The van der Waals surface area contributed by atoms with E-state index in [1.807, 2.05) is 0 Å². The molecule has 1 aromatic rings. The summed E-state index contributed by atoms with van der Waals surface area (Å²) in [7, 11) is 0. The number of thiophene rings is 1. The highest BCUT2D eigenvalue weighted by atomic mass is 32.1. The fraction of sp³-hybridized carbons (Fsp3) is 0.385. The number of carboxylic acids is 1. The van der Waals surface area contributed by atoms with Crippen LogP contribution in [0.1, 0.15) is 34.5 Å². The van der Waals surface area contributed by atoms with Gasteiger partial charge in [-0.2, -0.15) is 0 Å². The average Bonchev–Trinajstić information content (AvgIpc) is 2.72. The molecule has 1 amide bonds. The van der Waals surface area contributed by atoms with Crippen molar-refractivity contribution >= 4 is 29.3 Å². The van der Waals surface area contributed by atoms with E-state index in [4.69, 9.17) is 5.11 Å². The molecule has 1 aromatic heterocycles. The molecule has 0 saturated heterocycles. The summed E-state index contributed by atoms with van der Waals surface area (Å²) in [5.74, 6) is -0.504. The Kier molecular flexibility index (Phi) is 4.15. The second-order valence-electron chi connectivity index (χ2n) is 4.38. The van der Waals surface area contributed by atoms with E-state index in [0.717, 1.165) is 12.6 Å². The third kappa shape index (κ3) is 3.20. The molecule has 0 unspecified atom stereocenters. The van der Waals surface area contributed by atoms with Crippen LogP contribution in [0, 0.1) is 5.92 Å². The van der Waals surface area contributed by atoms with Crippen LogP contribution in [0.5, 0.6) is 0 Å². The van der Waals surface area contributed by atoms with Gasteiger partial charge in [0.15, 0.2) is 0 Å². The molecule has 2 rings (SSSR count). The average molecular weight is 265 g/mol. The Morgan fingerprint density at radius 2 is 2.28 bits per heavy atom. The third-order valence-corrected chi connectivity index (χ3v) is 4.01. The molecule has 18 heavy (non-hydrogen) atoms. The van der Waals surface area contributed by atoms with Gasteiger partial charge in [-0.25, -0.2) is 4.79 Å². The molecule has 1 aliphatic carbocycles. The van der Waals surface area contributed by atoms with Crippen molar-refractivity contribution in [2.75, 3.05) is 6.54 Å². The Morgan fingerprint density at radius 1 is 1.50 bits per heavy atom. The largest absolute Gasteiger partial charge is 0.478 e. The van der Waals surface area contributed by atoms with E-state index in [9.17, 15) is 9.59 Å². The van der Waals surface area contributed by atoms with Gasteiger partial charge in [-0.3, -0.25) is 4.79 Å². The zero-order chi connectivity index (χ0) is 13.0. The highest BCUT2D eigenvalue weighted by Gasteiger charge is 2.19. The first-order chi connectivity index (χ1) is 8.66. The standard InChI is InChI=1S/C13H15NO3S/c15-11(16)5-4-10-6-7-18-12(10)13(17)14-8-9-2-1-3-9/h4-7,9H,1-3,8H2,(H,14,17)(H,15,16). The lowest BCUT2D eigenvalue weighted by Crippen LogP contribution is -2.31. The van der Waals surface area contributed by atoms with Crippen molar-refractivity contribution in [2.24, 2.45) is 5.92 Å². The first-order valence-electron chi connectivity index (χ1n) is 5.93. The van der Waals surface area contributed by atoms with E-state index in [1.54, 1.807) is 11.4 Å². The minimum Gasteiger partial charge on any atom is -0.478 e. The van der Waals surface area contributed by atoms with E-state index in [-0.39, 0.29) is 5.91 Å². The van der Waals surface area contributed by atoms with E-state index in [2.05, 4.69) is 5.32 Å². The summed E-state index contributed by atoms with van der Waals surface area (Å²) < 4.78 is 0. The maximum absolute atomic E-state index is 11.9. The molecule has 0 spiro atoms. The lowest BCUT2D eigenvalue weighted by molar-refractivity contribution is -0.131. The molecule has 1 saturated carbocycles. The van der Waals surface area contributed by atoms with E-state index in [0.29, 0.717) is 16.4 Å². The van der Waals surface area contributed by atoms with Crippen LogP contribution in [0.25, 0.3) is 6.08 Å². The summed E-state index contributed by atoms with van der Waals surface area (Å²) in [6.45, 7) is 0.721. The predicted octanol–water partition coefficient (Wildman–Crippen LogP) is 2.38. The predicted molar refractivity (Wildman–Crippen MR) is 70.7 cm³/mol. The van der Waals surface area contributed by atoms with Gasteiger partial charge in [-0.15, -0.1) is 11.3 Å². The minimum atomic E-state index is -1.01. The number of amides is 1. The monoisotopic (exact) mass is 265 g/mol. The number of carbonyl (C=O) groups is 2. The smallest absolute Gasteiger partial charge is 0.328 e. The van der Waals surface area contributed by atoms with Gasteiger partial charge < -0.3 is 10.4 Å². The van der Waals surface area contributed by atoms with Crippen LogP contribution >= 0.6 is 11.3 Å². The number of nitrogens with one attached hydrogen (secondary N) is 1. The van der Waals surface area contributed by atoms with Crippen molar-refractivity contribution < 1.29 is 14.7 Å². The van der Waals surface area contributed by atoms with Crippen LogP contribution in [-0.2, 0) is 4.79 Å². The summed E-state index contributed by atoms with van der Waals surface area (Å²) in [6, 6.07) is 1.75. The minimum absolute atomic E-state index is 0.109. The quantitative estimate of drug-likeness (QED) is 0.803. The van der Waals surface area contributed by atoms with Crippen molar-refractivity contribution in [1.29, 1.82) is 0 Å². The summed E-state index contributed by atoms with van der Waals surface area (Å²) in [6.07, 6.45) is 6.14. The Bertz CT molecular complexity index is 474. The number of hydrogen-bond acceptors (Lipinski definition) is 3. The van der Waals surface area contributed by atoms with Gasteiger partial charge in [-0.1, -0.05) is 6.42 Å². The van der Waals surface area contributed by atoms with Gasteiger partial charge >= 0.3 is 5.97 Å². The van der Waals surface area contributed by atoms with Crippen molar-refractivity contribution in [1.82, 2.24) is 5.32 Å². The fourth-order valence-corrected chi connectivity index (χ4v) is 2.61. The highest BCUT2D eigenvalue weighted by molar-refractivity contribution is 7.12. The van der Waals surface area contributed by atoms with Gasteiger partial charge in [0.05, 0.1) is 4.88 Å². The molecular formula is C13H15NO3S. The Labute approximate surface area is 109 Å². The van der Waals surface area contributed by atoms with Crippen molar-refractivity contribution in [3.05, 3.63) is 28.0 Å². The molecule has 1 fully saturated rings. The molecule has 0 aromatic carbocycles. The number of rotatable bonds is 5. The molecule has 5 heteroatoms. The molecule has 96 valence electrons. The number of carbonyl (C=O) groups excluding carboxylic acids is 1. The van der Waals surface area contributed by atoms with Crippen LogP contribution in [0.4, 0.5) is 0 Å². The molecule has 2 N–H and O–H groups in total. The van der Waals surface area contributed by atoms with Gasteiger partial charge in [0.2, 0.25) is 0 Å². The van der Waals surface area contributed by atoms with Crippen LogP contribution in [0.15, 0.2) is 17.5 Å². The SMILES string of the molecule is O=C(O)C=Cc1ccsc1C(=O)NCC1CCC1. The molecule has 0 aliphatic heterocycles. The van der Waals surface area contributed by atoms with Gasteiger partial charge in [0.25, 0.3) is 5.91 Å². The number of hydrogen-bond donors (Lipinski definition) is 2. The van der Waals surface area contributed by atoms with Crippen LogP contribution < -0.4 is 5.32 Å². The summed E-state index contributed by atoms with van der Waals surface area (Å²) in [5, 5.41) is 13.3. The van der Waals surface area contributed by atoms with Crippen LogP contribution in [-0.4, -0.2) is 23.5 Å². The molecule has 4 nitrogen and oxygen atoms in total. The molecule has 0 atom stereocenters.